The van der Waals surface area contributed by atoms with E-state index in [1.165, 1.54) is 12.1 Å². The van der Waals surface area contributed by atoms with Gasteiger partial charge in [0.25, 0.3) is 5.91 Å². The Kier molecular flexibility index (Phi) is 7.47. The molecule has 1 saturated heterocycles. The molecule has 10 heteroatoms. The number of benzene rings is 2. The summed E-state index contributed by atoms with van der Waals surface area (Å²) in [6.45, 7) is 0.563. The largest absolute Gasteiger partial charge is 0.484 e. The lowest BCUT2D eigenvalue weighted by atomic mass is 9.52. The lowest BCUT2D eigenvalue weighted by Crippen LogP contribution is -2.62. The molecule has 0 spiro atoms. The van der Waals surface area contributed by atoms with Gasteiger partial charge in [0.05, 0.1) is 11.2 Å². The zero-order valence-electron chi connectivity index (χ0n) is 22.6. The maximum atomic E-state index is 13.5. The first-order chi connectivity index (χ1) is 19.5. The quantitative estimate of drug-likeness (QED) is 0.432. The van der Waals surface area contributed by atoms with E-state index in [9.17, 15) is 27.9 Å². The molecule has 2 N–H and O–H groups in total. The summed E-state index contributed by atoms with van der Waals surface area (Å²) in [5.41, 5.74) is 0.137. The minimum Gasteiger partial charge on any atom is -0.484 e. The van der Waals surface area contributed by atoms with Crippen molar-refractivity contribution >= 4 is 23.4 Å². The van der Waals surface area contributed by atoms with Crippen LogP contribution in [0.2, 0.25) is 5.02 Å². The molecule has 220 valence electrons. The third kappa shape index (κ3) is 5.93. The fourth-order valence-electron chi connectivity index (χ4n) is 7.97. The molecule has 0 radical (unpaired) electrons. The summed E-state index contributed by atoms with van der Waals surface area (Å²) in [4.78, 5) is 27.8. The molecule has 1 heterocycles. The molecule has 2 aromatic rings. The first-order valence-electron chi connectivity index (χ1n) is 14.3. The summed E-state index contributed by atoms with van der Waals surface area (Å²) in [6, 6.07) is 10.0. The number of aliphatic hydroxyl groups is 1. The second-order valence-electron chi connectivity index (χ2n) is 12.4. The van der Waals surface area contributed by atoms with Crippen molar-refractivity contribution in [1.82, 2.24) is 10.2 Å². The summed E-state index contributed by atoms with van der Waals surface area (Å²) >= 11 is 6.54. The topological polar surface area (TPSA) is 78.9 Å². The maximum Gasteiger partial charge on any atom is 0.416 e. The molecule has 7 rings (SSSR count). The third-order valence-electron chi connectivity index (χ3n) is 9.53. The third-order valence-corrected chi connectivity index (χ3v) is 9.89. The van der Waals surface area contributed by atoms with Crippen molar-refractivity contribution in [3.63, 3.8) is 0 Å². The van der Waals surface area contributed by atoms with Crippen LogP contribution in [0.25, 0.3) is 0 Å². The zero-order chi connectivity index (χ0) is 28.9. The molecule has 3 unspecified atom stereocenters. The minimum atomic E-state index is -4.40. The van der Waals surface area contributed by atoms with Crippen molar-refractivity contribution in [2.45, 2.75) is 69.3 Å². The highest BCUT2D eigenvalue weighted by Gasteiger charge is 2.57. The van der Waals surface area contributed by atoms with Crippen molar-refractivity contribution in [1.29, 1.82) is 0 Å². The molecule has 5 aliphatic rings. The summed E-state index contributed by atoms with van der Waals surface area (Å²) in [5.74, 6) is 1.47. The van der Waals surface area contributed by atoms with Gasteiger partial charge in [0.1, 0.15) is 5.75 Å². The Morgan fingerprint density at radius 2 is 1.80 bits per heavy atom. The van der Waals surface area contributed by atoms with Crippen LogP contribution in [0.15, 0.2) is 42.5 Å². The minimum absolute atomic E-state index is 0.0796. The summed E-state index contributed by atoms with van der Waals surface area (Å²) in [7, 11) is 0. The van der Waals surface area contributed by atoms with Gasteiger partial charge in [-0.25, -0.2) is 0 Å². The molecule has 2 aromatic carbocycles. The lowest BCUT2D eigenvalue weighted by molar-refractivity contribution is -0.168. The van der Waals surface area contributed by atoms with Gasteiger partial charge in [-0.2, -0.15) is 13.2 Å². The van der Waals surface area contributed by atoms with Gasteiger partial charge in [0.2, 0.25) is 5.91 Å². The Labute approximate surface area is 242 Å². The van der Waals surface area contributed by atoms with Crippen molar-refractivity contribution in [3.05, 3.63) is 64.2 Å². The van der Waals surface area contributed by atoms with Crippen molar-refractivity contribution in [3.8, 4) is 5.75 Å². The fourth-order valence-corrected chi connectivity index (χ4v) is 8.22. The van der Waals surface area contributed by atoms with Crippen LogP contribution in [0.4, 0.5) is 13.2 Å². The Morgan fingerprint density at radius 3 is 2.44 bits per heavy atom. The molecule has 2 amide bonds. The monoisotopic (exact) mass is 590 g/mol. The molecular weight excluding hydrogens is 557 g/mol. The van der Waals surface area contributed by atoms with Gasteiger partial charge in [0, 0.05) is 30.1 Å². The van der Waals surface area contributed by atoms with Crippen molar-refractivity contribution < 1.29 is 32.6 Å². The van der Waals surface area contributed by atoms with Crippen LogP contribution < -0.4 is 10.1 Å². The molecule has 1 aliphatic heterocycles. The average Bonchev–Trinajstić information content (AvgIpc) is 3.25. The molecular formula is C31H34ClF3N2O4. The number of nitrogens with one attached hydrogen (secondary N) is 1. The van der Waals surface area contributed by atoms with Gasteiger partial charge in [-0.15, -0.1) is 0 Å². The van der Waals surface area contributed by atoms with Gasteiger partial charge < -0.3 is 20.1 Å². The van der Waals surface area contributed by atoms with Gasteiger partial charge >= 0.3 is 6.18 Å². The van der Waals surface area contributed by atoms with E-state index in [2.05, 4.69) is 10.2 Å². The van der Waals surface area contributed by atoms with E-state index in [4.69, 9.17) is 16.3 Å². The van der Waals surface area contributed by atoms with Crippen molar-refractivity contribution in [2.75, 3.05) is 13.2 Å². The number of carbonyl (C=O) groups excluding carboxylic acids is 2. The van der Waals surface area contributed by atoms with Crippen LogP contribution in [0.1, 0.15) is 55.2 Å². The lowest BCUT2D eigenvalue weighted by Gasteiger charge is -2.59. The van der Waals surface area contributed by atoms with Gasteiger partial charge in [-0.05, 0) is 98.1 Å². The molecule has 0 aromatic heterocycles. The molecule has 41 heavy (non-hydrogen) atoms. The number of halogens is 4. The van der Waals surface area contributed by atoms with E-state index < -0.39 is 23.2 Å². The second kappa shape index (κ2) is 10.8. The van der Waals surface area contributed by atoms with Crippen LogP contribution in [-0.4, -0.2) is 46.6 Å². The van der Waals surface area contributed by atoms with E-state index >= 15 is 0 Å². The van der Waals surface area contributed by atoms with E-state index in [1.807, 2.05) is 6.07 Å². The summed E-state index contributed by atoms with van der Waals surface area (Å²) in [5, 5.41) is 14.0. The maximum absolute atomic E-state index is 13.5. The highest BCUT2D eigenvalue weighted by molar-refractivity contribution is 6.31. The fraction of sp³-hybridized carbons (Fsp3) is 0.548. The predicted octanol–water partition coefficient (Wildman–Crippen LogP) is 5.38. The van der Waals surface area contributed by atoms with Crippen LogP contribution in [0.5, 0.6) is 5.75 Å². The molecule has 3 atom stereocenters. The normalized spacial score (nSPS) is 30.6. The SMILES string of the molecule is O=C(COc1ccc(CC2CCN(C3C4CC5CC3CC(O)(C5)C4)C2=O)c(Cl)c1)NCc1ccc(C(F)(F)F)cc1. The number of ether oxygens (including phenoxy) is 1. The van der Waals surface area contributed by atoms with Gasteiger partial charge in [-0.3, -0.25) is 9.59 Å². The van der Waals surface area contributed by atoms with E-state index in [0.29, 0.717) is 40.5 Å². The van der Waals surface area contributed by atoms with E-state index in [1.54, 1.807) is 12.1 Å². The molecule has 4 aliphatic carbocycles. The summed E-state index contributed by atoms with van der Waals surface area (Å²) < 4.78 is 43.7. The van der Waals surface area contributed by atoms with Crippen molar-refractivity contribution in [2.24, 2.45) is 23.7 Å². The molecule has 4 saturated carbocycles. The number of likely N-dealkylation sites (tertiary alicyclic amines) is 1. The number of hydrogen-bond acceptors (Lipinski definition) is 4. The standard InChI is InChI=1S/C31H34ClF3N2O4/c32-26-12-25(41-17-27(38)36-16-18-1-4-24(5-2-18)31(33,34)35)6-3-20(26)11-21-7-8-37(29(21)39)28-22-9-19-10-23(28)15-30(40,13-19)14-22/h1-6,12,19,21-23,28,40H,7-11,13-17H2,(H,36,38). The van der Waals surface area contributed by atoms with Crippen LogP contribution in [-0.2, 0) is 28.7 Å². The number of rotatable bonds is 8. The smallest absolute Gasteiger partial charge is 0.416 e. The number of carbonyl (C=O) groups is 2. The van der Waals surface area contributed by atoms with Gasteiger partial charge in [0.15, 0.2) is 6.61 Å². The predicted molar refractivity (Wildman–Crippen MR) is 146 cm³/mol. The molecule has 5 fully saturated rings. The Balaban J connectivity index is 0.988. The number of amides is 2. The van der Waals surface area contributed by atoms with Crippen LogP contribution in [0.3, 0.4) is 0 Å². The highest BCUT2D eigenvalue weighted by Crippen LogP contribution is 2.57. The Morgan fingerprint density at radius 1 is 1.10 bits per heavy atom. The highest BCUT2D eigenvalue weighted by atomic mass is 35.5. The number of nitrogens with zero attached hydrogens (tertiary/aromatic N) is 1. The summed E-state index contributed by atoms with van der Waals surface area (Å²) in [6.07, 6.45) is 1.73. The number of alkyl halides is 3. The first kappa shape index (κ1) is 28.3. The van der Waals surface area contributed by atoms with E-state index in [0.717, 1.165) is 62.8 Å². The average molecular weight is 591 g/mol. The molecule has 6 nitrogen and oxygen atoms in total. The Bertz CT molecular complexity index is 1300. The first-order valence-corrected chi connectivity index (χ1v) is 14.7. The van der Waals surface area contributed by atoms with Crippen LogP contribution in [0, 0.1) is 23.7 Å². The second-order valence-corrected chi connectivity index (χ2v) is 12.8. The van der Waals surface area contributed by atoms with Crippen LogP contribution >= 0.6 is 11.6 Å². The van der Waals surface area contributed by atoms with Gasteiger partial charge in [-0.1, -0.05) is 29.8 Å². The Hall–Kier alpha value is -2.78. The zero-order valence-corrected chi connectivity index (χ0v) is 23.4. The molecule has 4 bridgehead atoms. The van der Waals surface area contributed by atoms with E-state index in [-0.39, 0.29) is 31.0 Å². The number of hydrogen-bond donors (Lipinski definition) is 2.